The molecule has 0 radical (unpaired) electrons. The molecule has 0 spiro atoms. The second-order valence-electron chi connectivity index (χ2n) is 2.67. The molecule has 3 nitrogen and oxygen atoms in total. The van der Waals surface area contributed by atoms with Gasteiger partial charge in [0.1, 0.15) is 12.5 Å². The van der Waals surface area contributed by atoms with Crippen LogP contribution in [0.2, 0.25) is 0 Å². The van der Waals surface area contributed by atoms with Crippen LogP contribution in [0.15, 0.2) is 5.10 Å². The second kappa shape index (κ2) is 6.01. The van der Waals surface area contributed by atoms with Crippen LogP contribution < -0.4 is 5.43 Å². The molecule has 1 aliphatic heterocycles. The van der Waals surface area contributed by atoms with Crippen LogP contribution in [0.4, 0.5) is 0 Å². The average Bonchev–Trinajstić information content (AvgIpc) is 2.36. The van der Waals surface area contributed by atoms with Crippen molar-refractivity contribution in [2.75, 3.05) is 7.05 Å². The summed E-state index contributed by atoms with van der Waals surface area (Å²) in [6, 6.07) is 0. The van der Waals surface area contributed by atoms with Gasteiger partial charge in [-0.1, -0.05) is 27.2 Å². The molecule has 0 aromatic rings. The zero-order valence-electron chi connectivity index (χ0n) is 7.96. The Hall–Kier alpha value is -0.730. The largest absolute Gasteiger partial charge is 0.343 e. The number of rotatable bonds is 1. The van der Waals surface area contributed by atoms with Gasteiger partial charge in [0.15, 0.2) is 0 Å². The maximum Gasteiger partial charge on any atom is 0.115 e. The topological polar surface area (TPSA) is 27.6 Å². The normalized spacial score (nSPS) is 20.7. The molecule has 0 aromatic carbocycles. The lowest BCUT2D eigenvalue weighted by molar-refractivity contribution is 0.344. The van der Waals surface area contributed by atoms with Crippen molar-refractivity contribution in [2.45, 2.75) is 39.8 Å². The van der Waals surface area contributed by atoms with E-state index >= 15 is 0 Å². The van der Waals surface area contributed by atoms with E-state index in [1.807, 2.05) is 7.05 Å². The fourth-order valence-electron chi connectivity index (χ4n) is 0.761. The number of hydrogen-bond acceptors (Lipinski definition) is 3. The summed E-state index contributed by atoms with van der Waals surface area (Å²) in [7, 11) is 2.01. The van der Waals surface area contributed by atoms with Crippen LogP contribution in [-0.2, 0) is 0 Å². The standard InChI is InChI=1S/C5H11N3.C3H8/c1-3-5-7-6-4-8(5)2;1-3-2/h4-5,7H,3H2,1-2H3;3H2,1-2H3. The first kappa shape index (κ1) is 10.3. The Labute approximate surface area is 69.5 Å². The summed E-state index contributed by atoms with van der Waals surface area (Å²) in [5, 5.41) is 3.87. The van der Waals surface area contributed by atoms with Gasteiger partial charge in [0.05, 0.1) is 0 Å². The van der Waals surface area contributed by atoms with E-state index in [0.29, 0.717) is 6.17 Å². The molecule has 1 heterocycles. The zero-order chi connectivity index (χ0) is 8.69. The molecule has 0 saturated heterocycles. The third-order valence-corrected chi connectivity index (χ3v) is 1.34. The minimum absolute atomic E-state index is 0.426. The van der Waals surface area contributed by atoms with Crippen molar-refractivity contribution in [3.05, 3.63) is 0 Å². The summed E-state index contributed by atoms with van der Waals surface area (Å²) in [6.45, 7) is 6.38. The first-order valence-corrected chi connectivity index (χ1v) is 4.26. The minimum atomic E-state index is 0.426. The van der Waals surface area contributed by atoms with Gasteiger partial charge < -0.3 is 4.90 Å². The molecule has 0 fully saturated rings. The van der Waals surface area contributed by atoms with E-state index in [-0.39, 0.29) is 0 Å². The Balaban J connectivity index is 0.000000292. The van der Waals surface area contributed by atoms with Crippen molar-refractivity contribution in [3.63, 3.8) is 0 Å². The van der Waals surface area contributed by atoms with Crippen molar-refractivity contribution in [2.24, 2.45) is 5.10 Å². The van der Waals surface area contributed by atoms with Crippen LogP contribution in [0, 0.1) is 0 Å². The minimum Gasteiger partial charge on any atom is -0.343 e. The van der Waals surface area contributed by atoms with Gasteiger partial charge in [-0.3, -0.25) is 5.43 Å². The highest BCUT2D eigenvalue weighted by molar-refractivity contribution is 5.56. The first-order chi connectivity index (χ1) is 5.26. The molecule has 1 aliphatic rings. The summed E-state index contributed by atoms with van der Waals surface area (Å²) >= 11 is 0. The van der Waals surface area contributed by atoms with Crippen molar-refractivity contribution in [1.82, 2.24) is 10.3 Å². The number of hydrazone groups is 1. The van der Waals surface area contributed by atoms with Crippen LogP contribution in [-0.4, -0.2) is 24.5 Å². The van der Waals surface area contributed by atoms with Gasteiger partial charge in [-0.25, -0.2) is 0 Å². The Kier molecular flexibility index (Phi) is 5.61. The third kappa shape index (κ3) is 3.86. The van der Waals surface area contributed by atoms with E-state index in [0.717, 1.165) is 6.42 Å². The van der Waals surface area contributed by atoms with E-state index in [1.54, 1.807) is 6.34 Å². The van der Waals surface area contributed by atoms with Gasteiger partial charge in [-0.05, 0) is 6.42 Å². The van der Waals surface area contributed by atoms with Crippen molar-refractivity contribution >= 4 is 6.34 Å². The SMILES string of the molecule is CCC.CCC1NN=CN1C. The quantitative estimate of drug-likeness (QED) is 0.626. The number of nitrogens with zero attached hydrogens (tertiary/aromatic N) is 2. The third-order valence-electron chi connectivity index (χ3n) is 1.34. The summed E-state index contributed by atoms with van der Waals surface area (Å²) in [5.41, 5.74) is 2.95. The highest BCUT2D eigenvalue weighted by atomic mass is 15.5. The number of nitrogens with one attached hydrogen (secondary N) is 1. The van der Waals surface area contributed by atoms with E-state index in [2.05, 4.69) is 36.2 Å². The van der Waals surface area contributed by atoms with E-state index in [9.17, 15) is 0 Å². The Morgan fingerprint density at radius 1 is 1.45 bits per heavy atom. The van der Waals surface area contributed by atoms with Gasteiger partial charge in [0.25, 0.3) is 0 Å². The second-order valence-corrected chi connectivity index (χ2v) is 2.67. The van der Waals surface area contributed by atoms with Gasteiger partial charge in [0.2, 0.25) is 0 Å². The smallest absolute Gasteiger partial charge is 0.115 e. The molecule has 1 atom stereocenters. The maximum atomic E-state index is 3.87. The van der Waals surface area contributed by atoms with E-state index < -0.39 is 0 Å². The van der Waals surface area contributed by atoms with Gasteiger partial charge >= 0.3 is 0 Å². The monoisotopic (exact) mass is 157 g/mol. The van der Waals surface area contributed by atoms with E-state index in [1.165, 1.54) is 6.42 Å². The molecule has 0 amide bonds. The molecule has 1 N–H and O–H groups in total. The Morgan fingerprint density at radius 2 is 2.00 bits per heavy atom. The van der Waals surface area contributed by atoms with Crippen LogP contribution >= 0.6 is 0 Å². The first-order valence-electron chi connectivity index (χ1n) is 4.26. The predicted octanol–water partition coefficient (Wildman–Crippen LogP) is 1.62. The molecular weight excluding hydrogens is 138 g/mol. The Morgan fingerprint density at radius 3 is 2.18 bits per heavy atom. The molecule has 0 aromatic heterocycles. The summed E-state index contributed by atoms with van der Waals surface area (Å²) in [5.74, 6) is 0. The molecule has 1 unspecified atom stereocenters. The zero-order valence-corrected chi connectivity index (χ0v) is 7.96. The molecule has 0 saturated carbocycles. The lowest BCUT2D eigenvalue weighted by Gasteiger charge is -2.15. The molecular formula is C8H19N3. The molecule has 0 aliphatic carbocycles. The van der Waals surface area contributed by atoms with Crippen molar-refractivity contribution in [3.8, 4) is 0 Å². The fraction of sp³-hybridized carbons (Fsp3) is 0.875. The molecule has 3 heteroatoms. The Bertz CT molecular complexity index is 112. The van der Waals surface area contributed by atoms with Crippen molar-refractivity contribution < 1.29 is 0 Å². The van der Waals surface area contributed by atoms with Gasteiger partial charge in [-0.15, -0.1) is 0 Å². The van der Waals surface area contributed by atoms with Crippen LogP contribution in [0.5, 0.6) is 0 Å². The molecule has 1 rings (SSSR count). The van der Waals surface area contributed by atoms with Gasteiger partial charge in [0, 0.05) is 7.05 Å². The average molecular weight is 157 g/mol. The summed E-state index contributed by atoms with van der Waals surface area (Å²) in [4.78, 5) is 2.06. The maximum absolute atomic E-state index is 3.87. The summed E-state index contributed by atoms with van der Waals surface area (Å²) < 4.78 is 0. The molecule has 0 bridgehead atoms. The highest BCUT2D eigenvalue weighted by Crippen LogP contribution is 1.98. The number of hydrogen-bond donors (Lipinski definition) is 1. The highest BCUT2D eigenvalue weighted by Gasteiger charge is 2.11. The van der Waals surface area contributed by atoms with Crippen molar-refractivity contribution in [1.29, 1.82) is 0 Å². The van der Waals surface area contributed by atoms with E-state index in [4.69, 9.17) is 0 Å². The van der Waals surface area contributed by atoms with Crippen LogP contribution in [0.3, 0.4) is 0 Å². The molecule has 66 valence electrons. The predicted molar refractivity (Wildman–Crippen MR) is 49.4 cm³/mol. The lowest BCUT2D eigenvalue weighted by Crippen LogP contribution is -2.32. The lowest BCUT2D eigenvalue weighted by atomic mass is 10.4. The van der Waals surface area contributed by atoms with Gasteiger partial charge in [-0.2, -0.15) is 5.10 Å². The summed E-state index contributed by atoms with van der Waals surface area (Å²) in [6.07, 6.45) is 4.57. The van der Waals surface area contributed by atoms with Crippen LogP contribution in [0.25, 0.3) is 0 Å². The fourth-order valence-corrected chi connectivity index (χ4v) is 0.761. The van der Waals surface area contributed by atoms with Crippen LogP contribution in [0.1, 0.15) is 33.6 Å². The molecule has 11 heavy (non-hydrogen) atoms.